The molecule has 91 valence electrons. The lowest BCUT2D eigenvalue weighted by molar-refractivity contribution is -0.120. The van der Waals surface area contributed by atoms with Crippen LogP contribution in [0.25, 0.3) is 0 Å². The number of primary amides is 1. The first kappa shape index (κ1) is 11.8. The molecule has 1 aromatic rings. The standard InChI is InChI=1S/C11H14FN4O/c12-7-5-9(13)10(11(14)17)16(6-7)8-1-3-15-4-2-8/h1,3-4,7,9-10H,5-6,13H2,(H2,14,17). The maximum Gasteiger partial charge on any atom is 0.241 e. The van der Waals surface area contributed by atoms with Gasteiger partial charge in [0.2, 0.25) is 5.91 Å². The van der Waals surface area contributed by atoms with Gasteiger partial charge in [0.25, 0.3) is 0 Å². The maximum absolute atomic E-state index is 13.5. The van der Waals surface area contributed by atoms with Crippen LogP contribution in [0, 0.1) is 6.07 Å². The number of rotatable bonds is 2. The van der Waals surface area contributed by atoms with Crippen LogP contribution in [0.4, 0.5) is 10.1 Å². The van der Waals surface area contributed by atoms with Gasteiger partial charge in [0.05, 0.1) is 6.54 Å². The van der Waals surface area contributed by atoms with Crippen LogP contribution in [0.1, 0.15) is 6.42 Å². The van der Waals surface area contributed by atoms with Gasteiger partial charge in [-0.25, -0.2) is 4.39 Å². The number of carbonyl (C=O) groups excluding carboxylic acids is 1. The molecule has 0 aromatic carbocycles. The maximum atomic E-state index is 13.5. The molecule has 0 aliphatic carbocycles. The first-order chi connectivity index (χ1) is 8.09. The number of amides is 1. The number of nitrogens with zero attached hydrogens (tertiary/aromatic N) is 2. The molecule has 1 saturated heterocycles. The summed E-state index contributed by atoms with van der Waals surface area (Å²) in [6.45, 7) is 0.0990. The van der Waals surface area contributed by atoms with Crippen molar-refractivity contribution in [1.29, 1.82) is 0 Å². The average Bonchev–Trinajstić information content (AvgIpc) is 2.28. The number of aromatic nitrogens is 1. The van der Waals surface area contributed by atoms with E-state index in [9.17, 15) is 9.18 Å². The minimum absolute atomic E-state index is 0.0990. The third kappa shape index (κ3) is 2.36. The van der Waals surface area contributed by atoms with Crippen LogP contribution < -0.4 is 16.4 Å². The molecule has 17 heavy (non-hydrogen) atoms. The zero-order valence-corrected chi connectivity index (χ0v) is 9.21. The van der Waals surface area contributed by atoms with Crippen LogP contribution in [-0.4, -0.2) is 35.7 Å². The molecular weight excluding hydrogens is 223 g/mol. The second-order valence-corrected chi connectivity index (χ2v) is 4.12. The lowest BCUT2D eigenvalue weighted by Crippen LogP contribution is -2.61. The van der Waals surface area contributed by atoms with Crippen LogP contribution in [-0.2, 0) is 4.79 Å². The zero-order valence-electron chi connectivity index (χ0n) is 9.21. The van der Waals surface area contributed by atoms with Crippen molar-refractivity contribution in [1.82, 2.24) is 4.98 Å². The van der Waals surface area contributed by atoms with E-state index in [1.807, 2.05) is 0 Å². The highest BCUT2D eigenvalue weighted by Crippen LogP contribution is 2.24. The summed E-state index contributed by atoms with van der Waals surface area (Å²) in [5, 5.41) is 0. The quantitative estimate of drug-likeness (QED) is 0.733. The van der Waals surface area contributed by atoms with Gasteiger partial charge < -0.3 is 16.4 Å². The normalized spacial score (nSPS) is 29.1. The minimum Gasteiger partial charge on any atom is -0.368 e. The number of anilines is 1. The predicted molar refractivity (Wildman–Crippen MR) is 60.9 cm³/mol. The first-order valence-corrected chi connectivity index (χ1v) is 5.37. The number of halogens is 1. The topological polar surface area (TPSA) is 85.2 Å². The van der Waals surface area contributed by atoms with E-state index in [0.29, 0.717) is 5.69 Å². The number of pyridine rings is 1. The van der Waals surface area contributed by atoms with Gasteiger partial charge >= 0.3 is 0 Å². The summed E-state index contributed by atoms with van der Waals surface area (Å²) in [6.07, 6.45) is 2.09. The molecule has 1 fully saturated rings. The molecule has 2 heterocycles. The second-order valence-electron chi connectivity index (χ2n) is 4.12. The fourth-order valence-corrected chi connectivity index (χ4v) is 2.16. The Morgan fingerprint density at radius 2 is 2.41 bits per heavy atom. The van der Waals surface area contributed by atoms with Gasteiger partial charge in [-0.3, -0.25) is 9.78 Å². The van der Waals surface area contributed by atoms with Crippen LogP contribution in [0.3, 0.4) is 0 Å². The highest BCUT2D eigenvalue weighted by molar-refractivity contribution is 5.84. The van der Waals surface area contributed by atoms with Crippen molar-refractivity contribution < 1.29 is 9.18 Å². The summed E-state index contributed by atoms with van der Waals surface area (Å²) in [5.41, 5.74) is 11.7. The van der Waals surface area contributed by atoms with Crippen molar-refractivity contribution in [2.75, 3.05) is 11.4 Å². The molecule has 1 aliphatic heterocycles. The van der Waals surface area contributed by atoms with E-state index in [-0.39, 0.29) is 13.0 Å². The Morgan fingerprint density at radius 1 is 1.65 bits per heavy atom. The van der Waals surface area contributed by atoms with E-state index in [0.717, 1.165) is 0 Å². The van der Waals surface area contributed by atoms with Crippen molar-refractivity contribution in [3.8, 4) is 0 Å². The van der Waals surface area contributed by atoms with E-state index in [2.05, 4.69) is 11.1 Å². The molecule has 3 unspecified atom stereocenters. The smallest absolute Gasteiger partial charge is 0.241 e. The molecular formula is C11H14FN4O. The fraction of sp³-hybridized carbons (Fsp3) is 0.455. The van der Waals surface area contributed by atoms with Gasteiger partial charge in [0.15, 0.2) is 0 Å². The third-order valence-corrected chi connectivity index (χ3v) is 2.87. The van der Waals surface area contributed by atoms with Crippen molar-refractivity contribution in [2.45, 2.75) is 24.7 Å². The average molecular weight is 237 g/mol. The Hall–Kier alpha value is -1.69. The van der Waals surface area contributed by atoms with Crippen LogP contribution in [0.5, 0.6) is 0 Å². The number of piperidine rings is 1. The monoisotopic (exact) mass is 237 g/mol. The Labute approximate surface area is 98.6 Å². The third-order valence-electron chi connectivity index (χ3n) is 2.87. The molecule has 6 heteroatoms. The van der Waals surface area contributed by atoms with Crippen molar-refractivity contribution in [3.05, 3.63) is 24.5 Å². The minimum atomic E-state index is -1.07. The number of alkyl halides is 1. The summed E-state index contributed by atoms with van der Waals surface area (Å²) in [5.74, 6) is -0.547. The SMILES string of the molecule is NC(=O)C1C(N)CC(F)CN1c1[c]cncc1. The Morgan fingerprint density at radius 3 is 3.00 bits per heavy atom. The lowest BCUT2D eigenvalue weighted by atomic mass is 9.94. The highest BCUT2D eigenvalue weighted by atomic mass is 19.1. The van der Waals surface area contributed by atoms with Crippen molar-refractivity contribution in [2.24, 2.45) is 11.5 Å². The molecule has 1 aliphatic rings. The Balaban J connectivity index is 2.31. The van der Waals surface area contributed by atoms with Gasteiger partial charge in [0, 0.05) is 30.2 Å². The molecule has 2 rings (SSSR count). The van der Waals surface area contributed by atoms with E-state index in [1.165, 1.54) is 6.20 Å². The second kappa shape index (κ2) is 4.67. The number of carbonyl (C=O) groups is 1. The van der Waals surface area contributed by atoms with Gasteiger partial charge in [-0.2, -0.15) is 0 Å². The summed E-state index contributed by atoms with van der Waals surface area (Å²) >= 11 is 0. The highest BCUT2D eigenvalue weighted by Gasteiger charge is 2.37. The number of nitrogens with two attached hydrogens (primary N) is 2. The van der Waals surface area contributed by atoms with E-state index in [4.69, 9.17) is 11.5 Å². The fourth-order valence-electron chi connectivity index (χ4n) is 2.16. The Kier molecular flexibility index (Phi) is 3.23. The molecule has 0 saturated carbocycles. The number of hydrogen-bond acceptors (Lipinski definition) is 4. The van der Waals surface area contributed by atoms with E-state index >= 15 is 0 Å². The lowest BCUT2D eigenvalue weighted by Gasteiger charge is -2.40. The van der Waals surface area contributed by atoms with Gasteiger partial charge in [-0.15, -0.1) is 0 Å². The van der Waals surface area contributed by atoms with Crippen molar-refractivity contribution >= 4 is 11.6 Å². The molecule has 0 bridgehead atoms. The summed E-state index contributed by atoms with van der Waals surface area (Å²) < 4.78 is 13.5. The zero-order chi connectivity index (χ0) is 12.4. The van der Waals surface area contributed by atoms with Gasteiger partial charge in [0.1, 0.15) is 12.2 Å². The molecule has 1 amide bonds. The number of hydrogen-bond donors (Lipinski definition) is 2. The van der Waals surface area contributed by atoms with Crippen LogP contribution in [0.2, 0.25) is 0 Å². The molecule has 0 spiro atoms. The molecule has 1 radical (unpaired) electrons. The largest absolute Gasteiger partial charge is 0.368 e. The molecule has 5 nitrogen and oxygen atoms in total. The van der Waals surface area contributed by atoms with Crippen molar-refractivity contribution in [3.63, 3.8) is 0 Å². The summed E-state index contributed by atoms with van der Waals surface area (Å²) in [4.78, 5) is 16.8. The summed E-state index contributed by atoms with van der Waals surface area (Å²) in [7, 11) is 0. The van der Waals surface area contributed by atoms with Crippen LogP contribution >= 0.6 is 0 Å². The van der Waals surface area contributed by atoms with E-state index < -0.39 is 24.2 Å². The molecule has 3 atom stereocenters. The van der Waals surface area contributed by atoms with Gasteiger partial charge in [-0.05, 0) is 12.5 Å². The predicted octanol–water partition coefficient (Wildman–Crippen LogP) is -0.389. The Bertz CT molecular complexity index is 400. The van der Waals surface area contributed by atoms with Gasteiger partial charge in [-0.1, -0.05) is 0 Å². The summed E-state index contributed by atoms with van der Waals surface area (Å²) in [6, 6.07) is 3.21. The van der Waals surface area contributed by atoms with Crippen LogP contribution in [0.15, 0.2) is 18.5 Å². The first-order valence-electron chi connectivity index (χ1n) is 5.37. The van der Waals surface area contributed by atoms with E-state index in [1.54, 1.807) is 17.2 Å². The molecule has 1 aromatic heterocycles. The molecule has 4 N–H and O–H groups in total.